The van der Waals surface area contributed by atoms with Gasteiger partial charge in [0, 0.05) is 21.1 Å². The highest BCUT2D eigenvalue weighted by atomic mass is 16.2. The summed E-state index contributed by atoms with van der Waals surface area (Å²) >= 11 is 0. The van der Waals surface area contributed by atoms with Gasteiger partial charge in [0.05, 0.1) is 6.33 Å². The Morgan fingerprint density at radius 1 is 1.07 bits per heavy atom. The van der Waals surface area contributed by atoms with Crippen molar-refractivity contribution in [2.24, 2.45) is 21.1 Å². The maximum atomic E-state index is 11.7. The van der Waals surface area contributed by atoms with Gasteiger partial charge in [0.15, 0.2) is 5.52 Å². The average Bonchev–Trinajstić information content (AvgIpc) is 2.54. The fourth-order valence-corrected chi connectivity index (χ4v) is 1.42. The lowest BCUT2D eigenvalue weighted by atomic mass is 10.4. The van der Waals surface area contributed by atoms with Gasteiger partial charge in [-0.05, 0) is 0 Å². The third-order valence-corrected chi connectivity index (χ3v) is 2.38. The minimum atomic E-state index is -0.261. The fourth-order valence-electron chi connectivity index (χ4n) is 1.42. The predicted molar refractivity (Wildman–Crippen MR) is 51.2 cm³/mol. The molecule has 6 nitrogen and oxygen atoms in total. The smallest absolute Gasteiger partial charge is 0.293 e. The SMILES string of the molecule is Cn1cnc2c(=O)n(C)n(C)c(=O)c21. The molecule has 0 aliphatic carbocycles. The van der Waals surface area contributed by atoms with Crippen molar-refractivity contribution in [2.75, 3.05) is 0 Å². The first kappa shape index (κ1) is 8.74. The minimum absolute atomic E-state index is 0.220. The van der Waals surface area contributed by atoms with Gasteiger partial charge in [-0.2, -0.15) is 0 Å². The van der Waals surface area contributed by atoms with Crippen molar-refractivity contribution in [3.05, 3.63) is 27.0 Å². The van der Waals surface area contributed by atoms with Crippen LogP contribution in [0.3, 0.4) is 0 Å². The summed E-state index contributed by atoms with van der Waals surface area (Å²) in [6.45, 7) is 0. The number of hydrogen-bond donors (Lipinski definition) is 0. The van der Waals surface area contributed by atoms with Gasteiger partial charge in [-0.1, -0.05) is 0 Å². The van der Waals surface area contributed by atoms with Crippen molar-refractivity contribution in [3.63, 3.8) is 0 Å². The molecule has 2 rings (SSSR count). The molecule has 0 unspecified atom stereocenters. The van der Waals surface area contributed by atoms with E-state index in [-0.39, 0.29) is 16.6 Å². The standard InChI is InChI=1S/C8H10N4O2/c1-10-4-9-5-6(10)8(14)12(3)11(2)7(5)13/h4H,1-3H3. The van der Waals surface area contributed by atoms with Gasteiger partial charge in [0.2, 0.25) is 0 Å². The molecule has 0 spiro atoms. The highest BCUT2D eigenvalue weighted by Crippen LogP contribution is 1.99. The molecule has 2 aromatic rings. The predicted octanol–water partition coefficient (Wildman–Crippen LogP) is -1.03. The van der Waals surface area contributed by atoms with E-state index in [4.69, 9.17) is 0 Å². The Balaban J connectivity index is 3.22. The summed E-state index contributed by atoms with van der Waals surface area (Å²) in [7, 11) is 4.78. The van der Waals surface area contributed by atoms with Gasteiger partial charge in [0.25, 0.3) is 11.1 Å². The lowest BCUT2D eigenvalue weighted by molar-refractivity contribution is 0.540. The monoisotopic (exact) mass is 194 g/mol. The van der Waals surface area contributed by atoms with Crippen LogP contribution in [0.15, 0.2) is 15.9 Å². The molecule has 0 saturated carbocycles. The second kappa shape index (κ2) is 2.57. The number of fused-ring (bicyclic) bond motifs is 1. The van der Waals surface area contributed by atoms with Crippen molar-refractivity contribution in [1.82, 2.24) is 18.9 Å². The lowest BCUT2D eigenvalue weighted by Gasteiger charge is -2.05. The molecule has 0 bridgehead atoms. The zero-order valence-corrected chi connectivity index (χ0v) is 8.18. The van der Waals surface area contributed by atoms with Crippen LogP contribution >= 0.6 is 0 Å². The zero-order chi connectivity index (χ0) is 10.5. The molecular formula is C8H10N4O2. The molecule has 0 radical (unpaired) electrons. The molecule has 0 aliphatic heterocycles. The Hall–Kier alpha value is -1.85. The first-order chi connectivity index (χ1) is 6.54. The highest BCUT2D eigenvalue weighted by molar-refractivity contribution is 5.72. The molecule has 14 heavy (non-hydrogen) atoms. The van der Waals surface area contributed by atoms with E-state index in [1.807, 2.05) is 0 Å². The highest BCUT2D eigenvalue weighted by Gasteiger charge is 2.11. The largest absolute Gasteiger partial charge is 0.329 e. The van der Waals surface area contributed by atoms with Crippen molar-refractivity contribution < 1.29 is 0 Å². The van der Waals surface area contributed by atoms with E-state index < -0.39 is 0 Å². The number of nitrogens with zero attached hydrogens (tertiary/aromatic N) is 4. The summed E-state index contributed by atoms with van der Waals surface area (Å²) in [6.07, 6.45) is 1.47. The van der Waals surface area contributed by atoms with E-state index >= 15 is 0 Å². The molecule has 0 saturated heterocycles. The normalized spacial score (nSPS) is 11.1. The number of imidazole rings is 1. The first-order valence-corrected chi connectivity index (χ1v) is 4.11. The Morgan fingerprint density at radius 2 is 1.64 bits per heavy atom. The summed E-state index contributed by atoms with van der Waals surface area (Å²) in [5.41, 5.74) is 0.0819. The van der Waals surface area contributed by atoms with E-state index in [1.54, 1.807) is 18.7 Å². The maximum absolute atomic E-state index is 11.7. The van der Waals surface area contributed by atoms with E-state index in [1.165, 1.54) is 22.7 Å². The van der Waals surface area contributed by atoms with Gasteiger partial charge in [0.1, 0.15) is 5.52 Å². The second-order valence-corrected chi connectivity index (χ2v) is 3.21. The van der Waals surface area contributed by atoms with Crippen LogP contribution in [0.4, 0.5) is 0 Å². The third-order valence-electron chi connectivity index (χ3n) is 2.38. The van der Waals surface area contributed by atoms with Gasteiger partial charge in [-0.25, -0.2) is 14.3 Å². The van der Waals surface area contributed by atoms with Gasteiger partial charge >= 0.3 is 0 Å². The summed E-state index contributed by atoms with van der Waals surface area (Å²) in [5.74, 6) is 0. The topological polar surface area (TPSA) is 61.8 Å². The molecule has 0 aliphatic rings. The number of aromatic nitrogens is 4. The molecule has 0 amide bonds. The van der Waals surface area contributed by atoms with Crippen molar-refractivity contribution >= 4 is 11.0 Å². The fraction of sp³-hybridized carbons (Fsp3) is 0.375. The second-order valence-electron chi connectivity index (χ2n) is 3.21. The summed E-state index contributed by atoms with van der Waals surface area (Å²) in [4.78, 5) is 27.3. The molecule has 2 heterocycles. The van der Waals surface area contributed by atoms with Crippen LogP contribution in [0.5, 0.6) is 0 Å². The van der Waals surface area contributed by atoms with Crippen LogP contribution in [-0.4, -0.2) is 18.9 Å². The van der Waals surface area contributed by atoms with Crippen molar-refractivity contribution in [2.45, 2.75) is 0 Å². The molecule has 74 valence electrons. The summed E-state index contributed by atoms with van der Waals surface area (Å²) in [6, 6.07) is 0. The molecular weight excluding hydrogens is 184 g/mol. The van der Waals surface area contributed by atoms with Gasteiger partial charge in [-0.3, -0.25) is 9.59 Å². The zero-order valence-electron chi connectivity index (χ0n) is 8.18. The van der Waals surface area contributed by atoms with E-state index in [9.17, 15) is 9.59 Å². The molecule has 0 N–H and O–H groups in total. The maximum Gasteiger partial charge on any atom is 0.293 e. The van der Waals surface area contributed by atoms with Crippen LogP contribution in [-0.2, 0) is 21.1 Å². The van der Waals surface area contributed by atoms with E-state index in [0.717, 1.165) is 0 Å². The first-order valence-electron chi connectivity index (χ1n) is 4.11. The number of hydrogen-bond acceptors (Lipinski definition) is 3. The number of aryl methyl sites for hydroxylation is 1. The van der Waals surface area contributed by atoms with Crippen molar-refractivity contribution in [3.8, 4) is 0 Å². The quantitative estimate of drug-likeness (QED) is 0.538. The van der Waals surface area contributed by atoms with Gasteiger partial charge in [-0.15, -0.1) is 0 Å². The van der Waals surface area contributed by atoms with Crippen LogP contribution in [0.25, 0.3) is 11.0 Å². The van der Waals surface area contributed by atoms with Crippen LogP contribution in [0.1, 0.15) is 0 Å². The Bertz CT molecular complexity index is 617. The van der Waals surface area contributed by atoms with Crippen LogP contribution < -0.4 is 11.1 Å². The lowest BCUT2D eigenvalue weighted by Crippen LogP contribution is -2.35. The molecule has 6 heteroatoms. The number of rotatable bonds is 0. The summed E-state index contributed by atoms with van der Waals surface area (Å²) < 4.78 is 4.07. The van der Waals surface area contributed by atoms with E-state index in [0.29, 0.717) is 5.52 Å². The van der Waals surface area contributed by atoms with Crippen LogP contribution in [0.2, 0.25) is 0 Å². The summed E-state index contributed by atoms with van der Waals surface area (Å²) in [5, 5.41) is 0. The van der Waals surface area contributed by atoms with Crippen LogP contribution in [0, 0.1) is 0 Å². The van der Waals surface area contributed by atoms with E-state index in [2.05, 4.69) is 4.98 Å². The van der Waals surface area contributed by atoms with Crippen molar-refractivity contribution in [1.29, 1.82) is 0 Å². The minimum Gasteiger partial charge on any atom is -0.329 e. The third kappa shape index (κ3) is 0.876. The molecule has 0 aromatic carbocycles. The molecule has 2 aromatic heterocycles. The Morgan fingerprint density at radius 3 is 2.29 bits per heavy atom. The molecule has 0 atom stereocenters. The Kier molecular flexibility index (Phi) is 1.60. The average molecular weight is 194 g/mol. The molecule has 0 fully saturated rings. The van der Waals surface area contributed by atoms with Gasteiger partial charge < -0.3 is 4.57 Å². The Labute approximate surface area is 79.0 Å².